The van der Waals surface area contributed by atoms with Crippen LogP contribution in [-0.4, -0.2) is 15.7 Å². The number of carbonyl (C=O) groups excluding carboxylic acids is 1. The third-order valence-corrected chi connectivity index (χ3v) is 5.38. The standard InChI is InChI=1S/C15H15ClF2N4OS/c1-6-9(4)24-15(10(6)5-19)20-14(23)8(3)22-7(2)11(16)12(21-22)13(17)18/h8,13H,1-4H3,(H,20,23). The van der Waals surface area contributed by atoms with E-state index in [1.54, 1.807) is 6.92 Å². The van der Waals surface area contributed by atoms with Crippen LogP contribution in [0.25, 0.3) is 0 Å². The maximum Gasteiger partial charge on any atom is 0.283 e. The maximum absolute atomic E-state index is 12.9. The molecule has 1 unspecified atom stereocenters. The van der Waals surface area contributed by atoms with Crippen molar-refractivity contribution in [1.82, 2.24) is 9.78 Å². The molecule has 0 saturated heterocycles. The third kappa shape index (κ3) is 3.14. The number of aryl methyl sites for hydroxylation is 1. The van der Waals surface area contributed by atoms with Crippen LogP contribution in [0.15, 0.2) is 0 Å². The zero-order chi connectivity index (χ0) is 18.2. The number of nitriles is 1. The number of nitrogens with zero attached hydrogens (tertiary/aromatic N) is 3. The van der Waals surface area contributed by atoms with Crippen molar-refractivity contribution in [2.75, 3.05) is 5.32 Å². The summed E-state index contributed by atoms with van der Waals surface area (Å²) in [7, 11) is 0. The van der Waals surface area contributed by atoms with Gasteiger partial charge in [-0.25, -0.2) is 8.78 Å². The molecule has 0 saturated carbocycles. The number of alkyl halides is 2. The smallest absolute Gasteiger partial charge is 0.283 e. The third-order valence-electron chi connectivity index (χ3n) is 3.79. The average Bonchev–Trinajstić information content (AvgIpc) is 2.96. The van der Waals surface area contributed by atoms with Crippen molar-refractivity contribution in [2.24, 2.45) is 0 Å². The molecule has 2 rings (SSSR count). The molecule has 0 spiro atoms. The lowest BCUT2D eigenvalue weighted by Crippen LogP contribution is -2.25. The van der Waals surface area contributed by atoms with E-state index in [4.69, 9.17) is 11.6 Å². The van der Waals surface area contributed by atoms with Gasteiger partial charge in [-0.05, 0) is 33.3 Å². The van der Waals surface area contributed by atoms with E-state index in [2.05, 4.69) is 16.5 Å². The highest BCUT2D eigenvalue weighted by molar-refractivity contribution is 7.16. The van der Waals surface area contributed by atoms with Gasteiger partial charge in [0.1, 0.15) is 22.8 Å². The van der Waals surface area contributed by atoms with Crippen molar-refractivity contribution in [3.8, 4) is 6.07 Å². The summed E-state index contributed by atoms with van der Waals surface area (Å²) in [6, 6.07) is 1.20. The van der Waals surface area contributed by atoms with Crippen LogP contribution in [0.2, 0.25) is 5.02 Å². The second kappa shape index (κ2) is 6.87. The fourth-order valence-corrected chi connectivity index (χ4v) is 3.44. The molecule has 9 heteroatoms. The molecule has 5 nitrogen and oxygen atoms in total. The Balaban J connectivity index is 2.30. The van der Waals surface area contributed by atoms with Gasteiger partial charge in [-0.2, -0.15) is 10.4 Å². The molecular weight excluding hydrogens is 358 g/mol. The van der Waals surface area contributed by atoms with Crippen LogP contribution < -0.4 is 5.32 Å². The Morgan fingerprint density at radius 3 is 2.54 bits per heavy atom. The van der Waals surface area contributed by atoms with E-state index in [1.807, 2.05) is 6.92 Å². The highest BCUT2D eigenvalue weighted by atomic mass is 35.5. The monoisotopic (exact) mass is 372 g/mol. The number of carbonyl (C=O) groups is 1. The number of anilines is 1. The summed E-state index contributed by atoms with van der Waals surface area (Å²) in [6.07, 6.45) is -2.82. The SMILES string of the molecule is Cc1sc(NC(=O)C(C)n2nc(C(F)F)c(Cl)c2C)c(C#N)c1C. The zero-order valence-corrected chi connectivity index (χ0v) is 15.0. The van der Waals surface area contributed by atoms with E-state index in [1.165, 1.54) is 29.9 Å². The van der Waals surface area contributed by atoms with Gasteiger partial charge in [0.05, 0.1) is 16.3 Å². The van der Waals surface area contributed by atoms with Crippen LogP contribution in [0.5, 0.6) is 0 Å². The molecule has 2 aromatic rings. The summed E-state index contributed by atoms with van der Waals surface area (Å²) in [6.45, 7) is 6.70. The Morgan fingerprint density at radius 1 is 1.42 bits per heavy atom. The number of hydrogen-bond donors (Lipinski definition) is 1. The van der Waals surface area contributed by atoms with Crippen molar-refractivity contribution in [1.29, 1.82) is 5.26 Å². The molecule has 2 heterocycles. The van der Waals surface area contributed by atoms with Gasteiger partial charge in [-0.15, -0.1) is 11.3 Å². The van der Waals surface area contributed by atoms with E-state index >= 15 is 0 Å². The summed E-state index contributed by atoms with van der Waals surface area (Å²) >= 11 is 7.15. The number of rotatable bonds is 4. The molecule has 0 aliphatic carbocycles. The van der Waals surface area contributed by atoms with E-state index in [9.17, 15) is 18.8 Å². The number of aromatic nitrogens is 2. The molecule has 128 valence electrons. The molecular formula is C15H15ClF2N4OS. The first-order valence-electron chi connectivity index (χ1n) is 7.02. The Labute approximate surface area is 146 Å². The summed E-state index contributed by atoms with van der Waals surface area (Å²) in [5.41, 5.74) is 0.952. The second-order valence-electron chi connectivity index (χ2n) is 5.29. The first-order valence-corrected chi connectivity index (χ1v) is 8.22. The molecule has 0 radical (unpaired) electrons. The van der Waals surface area contributed by atoms with Gasteiger partial charge in [0.25, 0.3) is 6.43 Å². The highest BCUT2D eigenvalue weighted by Gasteiger charge is 2.26. The molecule has 0 bridgehead atoms. The number of nitrogens with one attached hydrogen (secondary N) is 1. The minimum Gasteiger partial charge on any atom is -0.315 e. The van der Waals surface area contributed by atoms with E-state index in [-0.39, 0.29) is 10.7 Å². The Morgan fingerprint density at radius 2 is 2.04 bits per heavy atom. The Kier molecular flexibility index (Phi) is 5.26. The fraction of sp³-hybridized carbons (Fsp3) is 0.400. The van der Waals surface area contributed by atoms with Crippen LogP contribution in [0.4, 0.5) is 13.8 Å². The first kappa shape index (κ1) is 18.4. The van der Waals surface area contributed by atoms with Crippen LogP contribution >= 0.6 is 22.9 Å². The predicted octanol–water partition coefficient (Wildman–Crippen LogP) is 4.53. The number of halogens is 3. The quantitative estimate of drug-likeness (QED) is 0.856. The Bertz CT molecular complexity index is 838. The molecule has 1 amide bonds. The predicted molar refractivity (Wildman–Crippen MR) is 88.8 cm³/mol. The number of thiophene rings is 1. The first-order chi connectivity index (χ1) is 11.2. The van der Waals surface area contributed by atoms with Crippen LogP contribution in [0.1, 0.15) is 46.8 Å². The average molecular weight is 373 g/mol. The van der Waals surface area contributed by atoms with Gasteiger partial charge in [0.2, 0.25) is 5.91 Å². The Hall–Kier alpha value is -1.98. The molecule has 0 fully saturated rings. The number of amides is 1. The molecule has 24 heavy (non-hydrogen) atoms. The van der Waals surface area contributed by atoms with Crippen LogP contribution in [-0.2, 0) is 4.79 Å². The van der Waals surface area contributed by atoms with E-state index in [0.29, 0.717) is 10.6 Å². The van der Waals surface area contributed by atoms with Crippen molar-refractivity contribution in [3.63, 3.8) is 0 Å². The lowest BCUT2D eigenvalue weighted by Gasteiger charge is -2.14. The van der Waals surface area contributed by atoms with Crippen LogP contribution in [0.3, 0.4) is 0 Å². The van der Waals surface area contributed by atoms with Gasteiger partial charge >= 0.3 is 0 Å². The minimum atomic E-state index is -2.82. The molecule has 0 aromatic carbocycles. The molecule has 0 aliphatic rings. The zero-order valence-electron chi connectivity index (χ0n) is 13.4. The van der Waals surface area contributed by atoms with Gasteiger partial charge in [0.15, 0.2) is 0 Å². The summed E-state index contributed by atoms with van der Waals surface area (Å²) in [5.74, 6) is -0.462. The van der Waals surface area contributed by atoms with Crippen molar-refractivity contribution in [3.05, 3.63) is 32.4 Å². The minimum absolute atomic E-state index is 0.148. The lowest BCUT2D eigenvalue weighted by molar-refractivity contribution is -0.119. The summed E-state index contributed by atoms with van der Waals surface area (Å²) in [5, 5.41) is 15.9. The molecule has 1 N–H and O–H groups in total. The second-order valence-corrected chi connectivity index (χ2v) is 6.90. The van der Waals surface area contributed by atoms with Crippen LogP contribution in [0, 0.1) is 32.1 Å². The van der Waals surface area contributed by atoms with Gasteiger partial charge in [-0.1, -0.05) is 11.6 Å². The largest absolute Gasteiger partial charge is 0.315 e. The van der Waals surface area contributed by atoms with E-state index in [0.717, 1.165) is 10.4 Å². The molecule has 0 aliphatic heterocycles. The summed E-state index contributed by atoms with van der Waals surface area (Å²) < 4.78 is 26.9. The highest BCUT2D eigenvalue weighted by Crippen LogP contribution is 2.33. The topological polar surface area (TPSA) is 70.7 Å². The van der Waals surface area contributed by atoms with Crippen molar-refractivity contribution >= 4 is 33.8 Å². The molecule has 1 atom stereocenters. The van der Waals surface area contributed by atoms with E-state index < -0.39 is 24.1 Å². The van der Waals surface area contributed by atoms with Gasteiger partial charge in [0, 0.05) is 4.88 Å². The molecule has 2 aromatic heterocycles. The maximum atomic E-state index is 12.9. The van der Waals surface area contributed by atoms with Gasteiger partial charge in [-0.3, -0.25) is 9.48 Å². The van der Waals surface area contributed by atoms with Gasteiger partial charge < -0.3 is 5.32 Å². The van der Waals surface area contributed by atoms with Crippen molar-refractivity contribution in [2.45, 2.75) is 40.2 Å². The normalized spacial score (nSPS) is 12.3. The number of hydrogen-bond acceptors (Lipinski definition) is 4. The summed E-state index contributed by atoms with van der Waals surface area (Å²) in [4.78, 5) is 13.4. The van der Waals surface area contributed by atoms with Crippen molar-refractivity contribution < 1.29 is 13.6 Å². The fourth-order valence-electron chi connectivity index (χ4n) is 2.21. The lowest BCUT2D eigenvalue weighted by atomic mass is 10.2.